The number of fused-ring (bicyclic) bond motifs is 3. The Hall–Kier alpha value is -4.47. The maximum Gasteiger partial charge on any atom is 0.339 e. The van der Waals surface area contributed by atoms with Crippen LogP contribution in [0.4, 0.5) is 0 Å². The Labute approximate surface area is 245 Å². The number of nitrogens with two attached hydrogens (primary N) is 1. The summed E-state index contributed by atoms with van der Waals surface area (Å²) in [5, 5.41) is 0. The van der Waals surface area contributed by atoms with Crippen LogP contribution in [0.25, 0.3) is 11.1 Å². The van der Waals surface area contributed by atoms with Crippen molar-refractivity contribution in [2.24, 2.45) is 11.7 Å². The SMILES string of the molecule is CCOC(=O)C(CN)C(C(=O)OCC1c2ccccc2-c2ccccc21)c1ccc(OS(=O)(=O)c2ccccc2)cc1. The number of hydrogen-bond acceptors (Lipinski definition) is 8. The van der Waals surface area contributed by atoms with E-state index < -0.39 is 33.9 Å². The average Bonchev–Trinajstić information content (AvgIpc) is 3.33. The Kier molecular flexibility index (Phi) is 8.70. The molecule has 8 nitrogen and oxygen atoms in total. The van der Waals surface area contributed by atoms with Crippen molar-refractivity contribution in [3.05, 3.63) is 120 Å². The van der Waals surface area contributed by atoms with Crippen LogP contribution in [0.2, 0.25) is 0 Å². The standard InChI is InChI=1S/C33H31NO7S/c1-2-39-32(35)29(20-34)31(22-16-18-23(19-17-22)41-42(37,38)24-10-4-3-5-11-24)33(36)40-21-30-27-14-8-6-12-25(27)26-13-7-9-15-28(26)30/h3-19,29-31H,2,20-21,34H2,1H3. The average molecular weight is 586 g/mol. The maximum absolute atomic E-state index is 13.7. The van der Waals surface area contributed by atoms with E-state index in [4.69, 9.17) is 19.4 Å². The lowest BCUT2D eigenvalue weighted by Gasteiger charge is -2.25. The fourth-order valence-electron chi connectivity index (χ4n) is 5.34. The lowest BCUT2D eigenvalue weighted by Crippen LogP contribution is -2.36. The van der Waals surface area contributed by atoms with Crippen molar-refractivity contribution in [1.82, 2.24) is 0 Å². The van der Waals surface area contributed by atoms with Crippen molar-refractivity contribution < 1.29 is 31.7 Å². The number of carbonyl (C=O) groups excluding carboxylic acids is 2. The number of ether oxygens (including phenoxy) is 2. The van der Waals surface area contributed by atoms with E-state index in [9.17, 15) is 18.0 Å². The van der Waals surface area contributed by atoms with Crippen LogP contribution < -0.4 is 9.92 Å². The van der Waals surface area contributed by atoms with Crippen molar-refractivity contribution in [1.29, 1.82) is 0 Å². The summed E-state index contributed by atoms with van der Waals surface area (Å²) in [5.74, 6) is -3.47. The molecule has 0 radical (unpaired) electrons. The van der Waals surface area contributed by atoms with Gasteiger partial charge in [0.15, 0.2) is 0 Å². The Bertz CT molecular complexity index is 1620. The van der Waals surface area contributed by atoms with Crippen LogP contribution in [0.5, 0.6) is 5.75 Å². The second-order valence-corrected chi connectivity index (χ2v) is 11.4. The molecule has 42 heavy (non-hydrogen) atoms. The summed E-state index contributed by atoms with van der Waals surface area (Å²) in [6.45, 7) is 1.71. The molecule has 2 atom stereocenters. The van der Waals surface area contributed by atoms with Gasteiger partial charge in [-0.3, -0.25) is 9.59 Å². The first-order valence-electron chi connectivity index (χ1n) is 13.6. The lowest BCUT2D eigenvalue weighted by atomic mass is 9.85. The predicted octanol–water partition coefficient (Wildman–Crippen LogP) is 5.03. The first-order chi connectivity index (χ1) is 20.3. The molecule has 0 amide bonds. The van der Waals surface area contributed by atoms with Crippen LogP contribution in [0.3, 0.4) is 0 Å². The molecule has 0 aromatic heterocycles. The van der Waals surface area contributed by atoms with E-state index >= 15 is 0 Å². The van der Waals surface area contributed by atoms with Gasteiger partial charge >= 0.3 is 22.1 Å². The van der Waals surface area contributed by atoms with Gasteiger partial charge in [0.25, 0.3) is 0 Å². The number of hydrogen-bond donors (Lipinski definition) is 1. The summed E-state index contributed by atoms with van der Waals surface area (Å²) in [6, 6.07) is 29.7. The lowest BCUT2D eigenvalue weighted by molar-refractivity contribution is -0.156. The fraction of sp³-hybridized carbons (Fsp3) is 0.212. The minimum absolute atomic E-state index is 0.0103. The van der Waals surface area contributed by atoms with E-state index in [1.807, 2.05) is 48.5 Å². The Morgan fingerprint density at radius 1 is 0.762 bits per heavy atom. The Morgan fingerprint density at radius 2 is 1.33 bits per heavy atom. The molecule has 0 spiro atoms. The molecular weight excluding hydrogens is 554 g/mol. The topological polar surface area (TPSA) is 122 Å². The van der Waals surface area contributed by atoms with Crippen LogP contribution in [-0.2, 0) is 29.2 Å². The third kappa shape index (κ3) is 5.93. The summed E-state index contributed by atoms with van der Waals surface area (Å²) < 4.78 is 41.7. The third-order valence-electron chi connectivity index (χ3n) is 7.33. The van der Waals surface area contributed by atoms with Crippen LogP contribution in [0, 0.1) is 5.92 Å². The van der Waals surface area contributed by atoms with Gasteiger partial charge in [-0.25, -0.2) is 0 Å². The summed E-state index contributed by atoms with van der Waals surface area (Å²) in [4.78, 5) is 26.6. The largest absolute Gasteiger partial charge is 0.466 e. The molecule has 4 aromatic rings. The van der Waals surface area contributed by atoms with Crippen LogP contribution in [0.1, 0.15) is 35.4 Å². The molecule has 4 aromatic carbocycles. The molecule has 9 heteroatoms. The van der Waals surface area contributed by atoms with Gasteiger partial charge in [-0.05, 0) is 59.0 Å². The highest BCUT2D eigenvalue weighted by molar-refractivity contribution is 7.87. The first-order valence-corrected chi connectivity index (χ1v) is 15.1. The highest BCUT2D eigenvalue weighted by atomic mass is 32.2. The smallest absolute Gasteiger partial charge is 0.339 e. The van der Waals surface area contributed by atoms with Gasteiger partial charge in [-0.2, -0.15) is 8.42 Å². The summed E-state index contributed by atoms with van der Waals surface area (Å²) >= 11 is 0. The van der Waals surface area contributed by atoms with E-state index in [0.717, 1.165) is 22.3 Å². The zero-order valence-corrected chi connectivity index (χ0v) is 23.8. The van der Waals surface area contributed by atoms with Gasteiger partial charge in [-0.1, -0.05) is 78.9 Å². The second kappa shape index (κ2) is 12.6. The zero-order valence-electron chi connectivity index (χ0n) is 23.0. The molecule has 0 heterocycles. The van der Waals surface area contributed by atoms with E-state index in [1.165, 1.54) is 36.4 Å². The van der Waals surface area contributed by atoms with E-state index in [2.05, 4.69) is 0 Å². The maximum atomic E-state index is 13.7. The monoisotopic (exact) mass is 585 g/mol. The van der Waals surface area contributed by atoms with E-state index in [-0.39, 0.29) is 36.3 Å². The summed E-state index contributed by atoms with van der Waals surface area (Å²) in [5.41, 5.74) is 10.7. The molecule has 2 N–H and O–H groups in total. The van der Waals surface area contributed by atoms with Gasteiger partial charge in [0.2, 0.25) is 0 Å². The van der Waals surface area contributed by atoms with Gasteiger partial charge in [0.1, 0.15) is 17.3 Å². The minimum Gasteiger partial charge on any atom is -0.466 e. The van der Waals surface area contributed by atoms with Crippen LogP contribution in [0.15, 0.2) is 108 Å². The van der Waals surface area contributed by atoms with E-state index in [0.29, 0.717) is 5.56 Å². The van der Waals surface area contributed by atoms with Crippen molar-refractivity contribution in [3.63, 3.8) is 0 Å². The van der Waals surface area contributed by atoms with Gasteiger partial charge in [0.05, 0.1) is 18.4 Å². The fourth-order valence-corrected chi connectivity index (χ4v) is 6.29. The molecule has 2 unspecified atom stereocenters. The normalized spacial score (nSPS) is 13.9. The summed E-state index contributed by atoms with van der Waals surface area (Å²) in [6.07, 6.45) is 0. The Balaban J connectivity index is 1.40. The summed E-state index contributed by atoms with van der Waals surface area (Å²) in [7, 11) is -4.06. The van der Waals surface area contributed by atoms with Gasteiger partial charge < -0.3 is 19.4 Å². The predicted molar refractivity (Wildman–Crippen MR) is 157 cm³/mol. The molecule has 216 valence electrons. The molecule has 1 aliphatic carbocycles. The molecule has 0 bridgehead atoms. The minimum atomic E-state index is -4.06. The first kappa shape index (κ1) is 29.0. The number of carbonyl (C=O) groups is 2. The molecule has 0 saturated carbocycles. The number of esters is 2. The molecule has 5 rings (SSSR count). The van der Waals surface area contributed by atoms with Crippen molar-refractivity contribution in [2.75, 3.05) is 19.8 Å². The molecule has 0 fully saturated rings. The highest BCUT2D eigenvalue weighted by Gasteiger charge is 2.38. The van der Waals surface area contributed by atoms with Crippen molar-refractivity contribution in [3.8, 4) is 16.9 Å². The quantitative estimate of drug-likeness (QED) is 0.192. The van der Waals surface area contributed by atoms with Gasteiger partial charge in [0, 0.05) is 12.5 Å². The number of rotatable bonds is 11. The van der Waals surface area contributed by atoms with Gasteiger partial charge in [-0.15, -0.1) is 0 Å². The second-order valence-electron chi connectivity index (χ2n) is 9.85. The Morgan fingerprint density at radius 3 is 1.90 bits per heavy atom. The number of benzene rings is 4. The van der Waals surface area contributed by atoms with Crippen molar-refractivity contribution >= 4 is 22.1 Å². The molecule has 0 aliphatic heterocycles. The van der Waals surface area contributed by atoms with Crippen LogP contribution in [-0.4, -0.2) is 40.1 Å². The van der Waals surface area contributed by atoms with Crippen LogP contribution >= 0.6 is 0 Å². The van der Waals surface area contributed by atoms with E-state index in [1.54, 1.807) is 25.1 Å². The third-order valence-corrected chi connectivity index (χ3v) is 8.59. The molecule has 0 saturated heterocycles. The van der Waals surface area contributed by atoms with Crippen molar-refractivity contribution in [2.45, 2.75) is 23.7 Å². The highest BCUT2D eigenvalue weighted by Crippen LogP contribution is 2.44. The zero-order chi connectivity index (χ0) is 29.7. The molecule has 1 aliphatic rings. The molecular formula is C33H31NO7S.